The number of halogens is 2. The normalized spacial score (nSPS) is 12.6. The number of thiophene rings is 1. The van der Waals surface area contributed by atoms with Crippen molar-refractivity contribution in [3.63, 3.8) is 0 Å². The highest BCUT2D eigenvalue weighted by atomic mass is 79.9. The quantitative estimate of drug-likeness (QED) is 0.791. The van der Waals surface area contributed by atoms with E-state index >= 15 is 0 Å². The zero-order valence-electron chi connectivity index (χ0n) is 8.90. The van der Waals surface area contributed by atoms with Crippen LogP contribution in [0.2, 0.25) is 5.02 Å². The minimum Gasteiger partial charge on any atom is -0.323 e. The van der Waals surface area contributed by atoms with Crippen molar-refractivity contribution >= 4 is 50.6 Å². The van der Waals surface area contributed by atoms with Crippen LogP contribution in [0.5, 0.6) is 0 Å². The molecule has 0 aliphatic heterocycles. The number of nitrogens with two attached hydrogens (primary N) is 1. The Morgan fingerprint density at radius 3 is 2.88 bits per heavy atom. The van der Waals surface area contributed by atoms with Crippen LogP contribution in [0.1, 0.15) is 10.9 Å². The second-order valence-electron chi connectivity index (χ2n) is 3.51. The molecule has 1 unspecified atom stereocenters. The van der Waals surface area contributed by atoms with E-state index in [4.69, 9.17) is 17.3 Å². The lowest BCUT2D eigenvalue weighted by Gasteiger charge is -2.10. The minimum absolute atomic E-state index is 0.00789. The van der Waals surface area contributed by atoms with Gasteiger partial charge >= 0.3 is 0 Å². The standard InChI is InChI=1S/C12H11BrClNS2/c13-8-2-1-3-9(6-8)17-7-11(15)12-10(14)4-5-16-12/h1-6,11H,7,15H2. The third-order valence-corrected chi connectivity index (χ3v) is 5.30. The summed E-state index contributed by atoms with van der Waals surface area (Å²) in [6.45, 7) is 0. The molecule has 0 radical (unpaired) electrons. The average Bonchev–Trinajstić information content (AvgIpc) is 2.72. The molecule has 0 amide bonds. The first-order valence-electron chi connectivity index (χ1n) is 5.03. The highest BCUT2D eigenvalue weighted by Gasteiger charge is 2.11. The summed E-state index contributed by atoms with van der Waals surface area (Å²) < 4.78 is 1.09. The van der Waals surface area contributed by atoms with E-state index < -0.39 is 0 Å². The van der Waals surface area contributed by atoms with Crippen LogP contribution in [0.25, 0.3) is 0 Å². The molecule has 2 N–H and O–H groups in total. The SMILES string of the molecule is NC(CSc1cccc(Br)c1)c1sccc1Cl. The lowest BCUT2D eigenvalue weighted by molar-refractivity contribution is 0.852. The van der Waals surface area contributed by atoms with Crippen LogP contribution < -0.4 is 5.73 Å². The van der Waals surface area contributed by atoms with Crippen LogP contribution in [0, 0.1) is 0 Å². The number of rotatable bonds is 4. The Kier molecular flexibility index (Phi) is 4.94. The Balaban J connectivity index is 1.97. The highest BCUT2D eigenvalue weighted by molar-refractivity contribution is 9.10. The number of benzene rings is 1. The fourth-order valence-corrected chi connectivity index (χ4v) is 4.17. The molecule has 2 rings (SSSR count). The Morgan fingerprint density at radius 1 is 1.41 bits per heavy atom. The van der Waals surface area contributed by atoms with Gasteiger partial charge in [-0.3, -0.25) is 0 Å². The second kappa shape index (κ2) is 6.25. The lowest BCUT2D eigenvalue weighted by Crippen LogP contribution is -2.11. The maximum Gasteiger partial charge on any atom is 0.0561 e. The predicted molar refractivity (Wildman–Crippen MR) is 81.1 cm³/mol. The smallest absolute Gasteiger partial charge is 0.0561 e. The van der Waals surface area contributed by atoms with Gasteiger partial charge in [0.2, 0.25) is 0 Å². The molecule has 1 aromatic heterocycles. The molecule has 1 aromatic carbocycles. The fraction of sp³-hybridized carbons (Fsp3) is 0.167. The van der Waals surface area contributed by atoms with Gasteiger partial charge < -0.3 is 5.73 Å². The highest BCUT2D eigenvalue weighted by Crippen LogP contribution is 2.31. The predicted octanol–water partition coefficient (Wildman–Crippen LogP) is 4.96. The first-order chi connectivity index (χ1) is 8.16. The Bertz CT molecular complexity index is 501. The molecule has 0 saturated heterocycles. The van der Waals surface area contributed by atoms with Gasteiger partial charge in [-0.15, -0.1) is 23.1 Å². The molecule has 5 heteroatoms. The molecule has 0 saturated carbocycles. The van der Waals surface area contributed by atoms with E-state index in [0.717, 1.165) is 20.1 Å². The lowest BCUT2D eigenvalue weighted by atomic mass is 10.3. The Morgan fingerprint density at radius 2 is 2.24 bits per heavy atom. The van der Waals surface area contributed by atoms with Crippen molar-refractivity contribution in [2.24, 2.45) is 5.73 Å². The third-order valence-electron chi connectivity index (χ3n) is 2.21. The summed E-state index contributed by atoms with van der Waals surface area (Å²) >= 11 is 12.9. The molecule has 0 fully saturated rings. The van der Waals surface area contributed by atoms with Crippen molar-refractivity contribution in [1.82, 2.24) is 0 Å². The van der Waals surface area contributed by atoms with Crippen LogP contribution in [0.15, 0.2) is 45.1 Å². The van der Waals surface area contributed by atoms with Gasteiger partial charge in [0.05, 0.1) is 5.02 Å². The van der Waals surface area contributed by atoms with E-state index in [1.54, 1.807) is 23.1 Å². The summed E-state index contributed by atoms with van der Waals surface area (Å²) in [6, 6.07) is 10.1. The summed E-state index contributed by atoms with van der Waals surface area (Å²) in [5, 5.41) is 2.75. The molecule has 90 valence electrons. The number of hydrogen-bond donors (Lipinski definition) is 1. The molecule has 0 aliphatic carbocycles. The van der Waals surface area contributed by atoms with E-state index in [0.29, 0.717) is 0 Å². The monoisotopic (exact) mass is 347 g/mol. The van der Waals surface area contributed by atoms with Crippen molar-refractivity contribution in [2.45, 2.75) is 10.9 Å². The van der Waals surface area contributed by atoms with Gasteiger partial charge in [-0.05, 0) is 29.6 Å². The molecule has 1 heterocycles. The van der Waals surface area contributed by atoms with E-state index in [1.807, 2.05) is 23.6 Å². The Hall–Kier alpha value is -0.0000000000000000555. The van der Waals surface area contributed by atoms with Gasteiger partial charge in [0.1, 0.15) is 0 Å². The van der Waals surface area contributed by atoms with Crippen LogP contribution in [0.3, 0.4) is 0 Å². The zero-order valence-corrected chi connectivity index (χ0v) is 12.9. The van der Waals surface area contributed by atoms with Crippen molar-refractivity contribution in [1.29, 1.82) is 0 Å². The first-order valence-corrected chi connectivity index (χ1v) is 8.07. The van der Waals surface area contributed by atoms with Crippen molar-refractivity contribution in [2.75, 3.05) is 5.75 Å². The molecule has 17 heavy (non-hydrogen) atoms. The van der Waals surface area contributed by atoms with Crippen LogP contribution in [-0.2, 0) is 0 Å². The maximum absolute atomic E-state index is 6.12. The van der Waals surface area contributed by atoms with Crippen LogP contribution >= 0.6 is 50.6 Å². The molecule has 0 spiro atoms. The molecule has 2 aromatic rings. The van der Waals surface area contributed by atoms with Gasteiger partial charge in [0.15, 0.2) is 0 Å². The van der Waals surface area contributed by atoms with Crippen molar-refractivity contribution < 1.29 is 0 Å². The zero-order chi connectivity index (χ0) is 12.3. The minimum atomic E-state index is -0.00789. The fourth-order valence-electron chi connectivity index (χ4n) is 1.39. The first kappa shape index (κ1) is 13.4. The third kappa shape index (κ3) is 3.73. The van der Waals surface area contributed by atoms with Gasteiger partial charge in [-0.2, -0.15) is 0 Å². The van der Waals surface area contributed by atoms with E-state index in [2.05, 4.69) is 28.1 Å². The summed E-state index contributed by atoms with van der Waals surface area (Å²) in [5.41, 5.74) is 6.12. The summed E-state index contributed by atoms with van der Waals surface area (Å²) in [6.07, 6.45) is 0. The second-order valence-corrected chi connectivity index (χ2v) is 6.87. The average molecular weight is 349 g/mol. The van der Waals surface area contributed by atoms with Gasteiger partial charge in [0, 0.05) is 26.0 Å². The summed E-state index contributed by atoms with van der Waals surface area (Å²) in [5.74, 6) is 0.830. The molecular weight excluding hydrogens is 338 g/mol. The van der Waals surface area contributed by atoms with Gasteiger partial charge in [0.25, 0.3) is 0 Å². The largest absolute Gasteiger partial charge is 0.323 e. The summed E-state index contributed by atoms with van der Waals surface area (Å²) in [4.78, 5) is 2.27. The van der Waals surface area contributed by atoms with Crippen molar-refractivity contribution in [3.8, 4) is 0 Å². The van der Waals surface area contributed by atoms with E-state index in [-0.39, 0.29) is 6.04 Å². The maximum atomic E-state index is 6.12. The van der Waals surface area contributed by atoms with E-state index in [9.17, 15) is 0 Å². The van der Waals surface area contributed by atoms with Gasteiger partial charge in [-0.25, -0.2) is 0 Å². The summed E-state index contributed by atoms with van der Waals surface area (Å²) in [7, 11) is 0. The van der Waals surface area contributed by atoms with Crippen LogP contribution in [-0.4, -0.2) is 5.75 Å². The van der Waals surface area contributed by atoms with Gasteiger partial charge in [-0.1, -0.05) is 33.6 Å². The molecule has 1 atom stereocenters. The van der Waals surface area contributed by atoms with Crippen LogP contribution in [0.4, 0.5) is 0 Å². The topological polar surface area (TPSA) is 26.0 Å². The number of hydrogen-bond acceptors (Lipinski definition) is 3. The molecule has 0 bridgehead atoms. The van der Waals surface area contributed by atoms with E-state index in [1.165, 1.54) is 4.90 Å². The Labute approximate surface area is 122 Å². The molecule has 1 nitrogen and oxygen atoms in total. The van der Waals surface area contributed by atoms with Crippen molar-refractivity contribution in [3.05, 3.63) is 50.1 Å². The number of thioether (sulfide) groups is 1. The molecule has 0 aliphatic rings. The molecular formula is C12H11BrClNS2.